The molecule has 0 spiro atoms. The zero-order valence-corrected chi connectivity index (χ0v) is 26.3. The van der Waals surface area contributed by atoms with Crippen LogP contribution in [0.2, 0.25) is 0 Å². The lowest BCUT2D eigenvalue weighted by molar-refractivity contribution is 0.0697. The van der Waals surface area contributed by atoms with E-state index < -0.39 is 5.97 Å². The number of imidazole rings is 2. The van der Waals surface area contributed by atoms with E-state index in [1.54, 1.807) is 12.1 Å². The van der Waals surface area contributed by atoms with Crippen molar-refractivity contribution < 1.29 is 9.90 Å². The van der Waals surface area contributed by atoms with Crippen LogP contribution in [0, 0.1) is 6.92 Å². The predicted octanol–water partition coefficient (Wildman–Crippen LogP) is 7.88. The molecule has 6 rings (SSSR count). The number of hydrogen-bond donors (Lipinski definition) is 2. The number of rotatable bonds is 9. The summed E-state index contributed by atoms with van der Waals surface area (Å²) >= 11 is 0. The van der Waals surface area contributed by atoms with Gasteiger partial charge in [0.05, 0.1) is 27.6 Å². The number of carboxylic acid groups (broad SMARTS) is 1. The number of aryl methyl sites for hydroxylation is 3. The highest BCUT2D eigenvalue weighted by Crippen LogP contribution is 2.31. The first-order chi connectivity index (χ1) is 21.4. The van der Waals surface area contributed by atoms with E-state index in [1.165, 1.54) is 0 Å². The van der Waals surface area contributed by atoms with Crippen molar-refractivity contribution >= 4 is 28.0 Å². The van der Waals surface area contributed by atoms with Gasteiger partial charge in [0.2, 0.25) is 0 Å². The summed E-state index contributed by atoms with van der Waals surface area (Å²) in [7, 11) is 2.06. The first kappa shape index (κ1) is 30.7. The second-order valence-corrected chi connectivity index (χ2v) is 11.0. The van der Waals surface area contributed by atoms with Gasteiger partial charge in [-0.15, -0.1) is 0 Å². The number of hydrogen-bond acceptors (Lipinski definition) is 4. The molecule has 0 saturated heterocycles. The molecule has 2 heterocycles. The molecule has 0 saturated carbocycles. The van der Waals surface area contributed by atoms with Crippen molar-refractivity contribution in [2.45, 2.75) is 47.1 Å². The Kier molecular flexibility index (Phi) is 9.56. The molecule has 0 radical (unpaired) electrons. The summed E-state index contributed by atoms with van der Waals surface area (Å²) in [6.45, 7) is 11.4. The lowest BCUT2D eigenvalue weighted by Crippen LogP contribution is -2.09. The molecule has 0 bridgehead atoms. The van der Waals surface area contributed by atoms with Crippen LogP contribution in [0.1, 0.15) is 54.5 Å². The molecule has 226 valence electrons. The van der Waals surface area contributed by atoms with Gasteiger partial charge in [-0.3, -0.25) is 0 Å². The number of nitrogens with one attached hydrogen (secondary N) is 1. The van der Waals surface area contributed by atoms with Crippen LogP contribution in [0.4, 0.5) is 0 Å². The van der Waals surface area contributed by atoms with Crippen LogP contribution in [0.5, 0.6) is 0 Å². The monoisotopic (exact) mass is 587 g/mol. The predicted molar refractivity (Wildman–Crippen MR) is 180 cm³/mol. The number of aromatic nitrogens is 4. The molecular formula is C37H41N5O2. The van der Waals surface area contributed by atoms with E-state index in [0.29, 0.717) is 12.1 Å². The van der Waals surface area contributed by atoms with Gasteiger partial charge in [0.15, 0.2) is 0 Å². The molecule has 0 unspecified atom stereocenters. The van der Waals surface area contributed by atoms with Gasteiger partial charge in [-0.1, -0.05) is 75.4 Å². The Morgan fingerprint density at radius 1 is 0.841 bits per heavy atom. The molecule has 2 aromatic heterocycles. The molecule has 44 heavy (non-hydrogen) atoms. The lowest BCUT2D eigenvalue weighted by atomic mass is 9.98. The topological polar surface area (TPSA) is 85.0 Å². The fourth-order valence-corrected chi connectivity index (χ4v) is 5.71. The number of benzene rings is 4. The molecule has 0 fully saturated rings. The van der Waals surface area contributed by atoms with Crippen LogP contribution in [0.3, 0.4) is 0 Å². The molecule has 0 atom stereocenters. The maximum absolute atomic E-state index is 11.7. The van der Waals surface area contributed by atoms with Crippen LogP contribution in [-0.2, 0) is 20.0 Å². The quantitative estimate of drug-likeness (QED) is 0.180. The summed E-state index contributed by atoms with van der Waals surface area (Å²) in [6, 6.07) is 27.9. The van der Waals surface area contributed by atoms with Gasteiger partial charge >= 0.3 is 5.97 Å². The van der Waals surface area contributed by atoms with Crippen LogP contribution in [-0.4, -0.2) is 43.3 Å². The van der Waals surface area contributed by atoms with Crippen molar-refractivity contribution in [2.75, 3.05) is 13.1 Å². The van der Waals surface area contributed by atoms with Crippen LogP contribution in [0.25, 0.3) is 44.6 Å². The highest BCUT2D eigenvalue weighted by molar-refractivity contribution is 5.96. The first-order valence-electron chi connectivity index (χ1n) is 15.4. The Hall–Kier alpha value is -4.75. The van der Waals surface area contributed by atoms with Crippen molar-refractivity contribution in [3.8, 4) is 22.5 Å². The zero-order valence-electron chi connectivity index (χ0n) is 26.3. The summed E-state index contributed by atoms with van der Waals surface area (Å²) in [5.41, 5.74) is 9.46. The maximum Gasteiger partial charge on any atom is 0.336 e. The minimum atomic E-state index is -0.921. The third kappa shape index (κ3) is 6.29. The van der Waals surface area contributed by atoms with E-state index in [2.05, 4.69) is 79.5 Å². The minimum Gasteiger partial charge on any atom is -0.478 e. The SMILES string of the molecule is CCCc1nc2c(C)cc(-c3nc4ccccc4n3C)cc2n1Cc1ccc(-c2ccccc2C(=O)O)cc1.CCNCC. The van der Waals surface area contributed by atoms with Crippen molar-refractivity contribution in [3.05, 3.63) is 107 Å². The van der Waals surface area contributed by atoms with Gasteiger partial charge < -0.3 is 19.6 Å². The van der Waals surface area contributed by atoms with Gasteiger partial charge in [0, 0.05) is 25.6 Å². The Morgan fingerprint density at radius 3 is 2.20 bits per heavy atom. The van der Waals surface area contributed by atoms with Crippen molar-refractivity contribution in [1.29, 1.82) is 0 Å². The zero-order chi connectivity index (χ0) is 31.2. The Morgan fingerprint density at radius 2 is 1.55 bits per heavy atom. The van der Waals surface area contributed by atoms with E-state index in [1.807, 2.05) is 42.5 Å². The summed E-state index contributed by atoms with van der Waals surface area (Å²) in [5, 5.41) is 12.7. The smallest absolute Gasteiger partial charge is 0.336 e. The molecule has 2 N–H and O–H groups in total. The Bertz CT molecular complexity index is 1900. The van der Waals surface area contributed by atoms with E-state index >= 15 is 0 Å². The van der Waals surface area contributed by atoms with Crippen molar-refractivity contribution in [1.82, 2.24) is 24.4 Å². The van der Waals surface area contributed by atoms with E-state index in [0.717, 1.165) is 87.5 Å². The van der Waals surface area contributed by atoms with Crippen LogP contribution < -0.4 is 5.32 Å². The van der Waals surface area contributed by atoms with Crippen LogP contribution >= 0.6 is 0 Å². The summed E-state index contributed by atoms with van der Waals surface area (Å²) in [6.07, 6.45) is 1.89. The van der Waals surface area contributed by atoms with Gasteiger partial charge in [-0.05, 0) is 79.0 Å². The molecule has 6 aromatic rings. The highest BCUT2D eigenvalue weighted by atomic mass is 16.4. The van der Waals surface area contributed by atoms with Crippen LogP contribution in [0.15, 0.2) is 84.9 Å². The van der Waals surface area contributed by atoms with Gasteiger partial charge in [0.1, 0.15) is 11.6 Å². The molecule has 0 aliphatic rings. The number of nitrogens with zero attached hydrogens (tertiary/aromatic N) is 4. The van der Waals surface area contributed by atoms with E-state index in [4.69, 9.17) is 9.97 Å². The fourth-order valence-electron chi connectivity index (χ4n) is 5.71. The lowest BCUT2D eigenvalue weighted by Gasteiger charge is -2.12. The average molecular weight is 588 g/mol. The number of aromatic carboxylic acids is 1. The van der Waals surface area contributed by atoms with Gasteiger partial charge in [-0.25, -0.2) is 14.8 Å². The third-order valence-corrected chi connectivity index (χ3v) is 7.91. The van der Waals surface area contributed by atoms with Crippen molar-refractivity contribution in [2.24, 2.45) is 7.05 Å². The van der Waals surface area contributed by atoms with Gasteiger partial charge in [-0.2, -0.15) is 0 Å². The molecule has 7 nitrogen and oxygen atoms in total. The summed E-state index contributed by atoms with van der Waals surface area (Å²) in [5.74, 6) is 1.08. The largest absolute Gasteiger partial charge is 0.478 e. The number of fused-ring (bicyclic) bond motifs is 2. The number of carbonyl (C=O) groups is 1. The van der Waals surface area contributed by atoms with E-state index in [-0.39, 0.29) is 0 Å². The normalized spacial score (nSPS) is 11.1. The number of para-hydroxylation sites is 2. The summed E-state index contributed by atoms with van der Waals surface area (Å²) < 4.78 is 4.47. The molecule has 0 amide bonds. The molecule has 4 aromatic carbocycles. The average Bonchev–Trinajstić information content (AvgIpc) is 3.56. The Labute approximate surface area is 259 Å². The highest BCUT2D eigenvalue weighted by Gasteiger charge is 2.17. The van der Waals surface area contributed by atoms with Gasteiger partial charge in [0.25, 0.3) is 0 Å². The van der Waals surface area contributed by atoms with E-state index in [9.17, 15) is 9.90 Å². The second kappa shape index (κ2) is 13.7. The fraction of sp³-hybridized carbons (Fsp3) is 0.270. The molecule has 0 aliphatic heterocycles. The third-order valence-electron chi connectivity index (χ3n) is 7.91. The molecular weight excluding hydrogens is 546 g/mol. The molecule has 7 heteroatoms. The summed E-state index contributed by atoms with van der Waals surface area (Å²) in [4.78, 5) is 21.7. The second-order valence-electron chi connectivity index (χ2n) is 11.0. The molecule has 0 aliphatic carbocycles. The number of carboxylic acids is 1. The maximum atomic E-state index is 11.7. The van der Waals surface area contributed by atoms with Crippen molar-refractivity contribution in [3.63, 3.8) is 0 Å². The standard InChI is InChI=1S/C33H30N4O2.C4H11N/c1-4-9-30-35-31-21(2)18-24(32-34-27-12-7-8-13-28(27)36(32)3)19-29(31)37(30)20-22-14-16-23(17-15-22)25-10-5-6-11-26(25)33(38)39;1-3-5-4-2/h5-8,10-19H,4,9,20H2,1-3H3,(H,38,39);5H,3-4H2,1-2H3. The Balaban J connectivity index is 0.000000712. The first-order valence-corrected chi connectivity index (χ1v) is 15.4. The minimum absolute atomic E-state index is 0.307.